The Balaban J connectivity index is 1.57. The number of halogens is 1. The highest BCUT2D eigenvalue weighted by atomic mass is 32.2. The van der Waals surface area contributed by atoms with Crippen LogP contribution in [0.1, 0.15) is 41.7 Å². The van der Waals surface area contributed by atoms with Crippen LogP contribution >= 0.6 is 11.8 Å². The average Bonchev–Trinajstić information content (AvgIpc) is 2.67. The lowest BCUT2D eigenvalue weighted by atomic mass is 10.0. The third-order valence-electron chi connectivity index (χ3n) is 4.23. The number of nitrogens with one attached hydrogen (secondary N) is 1. The summed E-state index contributed by atoms with van der Waals surface area (Å²) in [5.74, 6) is 0.844. The highest BCUT2D eigenvalue weighted by molar-refractivity contribution is 7.99. The zero-order valence-electron chi connectivity index (χ0n) is 14.5. The van der Waals surface area contributed by atoms with Gasteiger partial charge < -0.3 is 10.1 Å². The van der Waals surface area contributed by atoms with Gasteiger partial charge in [0.15, 0.2) is 12.4 Å². The van der Waals surface area contributed by atoms with Gasteiger partial charge in [-0.15, -0.1) is 11.8 Å². The molecular formula is C20H20FNO3S. The maximum atomic E-state index is 13.9. The number of thioether (sulfide) groups is 1. The number of hydrogen-bond donors (Lipinski definition) is 1. The molecule has 136 valence electrons. The topological polar surface area (TPSA) is 55.4 Å². The second-order valence-corrected chi connectivity index (χ2v) is 7.11. The Hall–Kier alpha value is -2.34. The number of benzene rings is 2. The van der Waals surface area contributed by atoms with E-state index in [1.165, 1.54) is 17.8 Å². The summed E-state index contributed by atoms with van der Waals surface area (Å²) in [5.41, 5.74) is 1.44. The third kappa shape index (κ3) is 4.25. The summed E-state index contributed by atoms with van der Waals surface area (Å²) in [4.78, 5) is 24.4. The summed E-state index contributed by atoms with van der Waals surface area (Å²) in [5, 5.41) is 2.91. The molecule has 1 aliphatic heterocycles. The first kappa shape index (κ1) is 18.5. The van der Waals surface area contributed by atoms with Crippen LogP contribution in [0, 0.1) is 5.82 Å². The van der Waals surface area contributed by atoms with Crippen molar-refractivity contribution < 1.29 is 18.7 Å². The summed E-state index contributed by atoms with van der Waals surface area (Å²) >= 11 is 1.48. The van der Waals surface area contributed by atoms with E-state index in [1.54, 1.807) is 30.3 Å². The molecule has 3 rings (SSSR count). The van der Waals surface area contributed by atoms with Crippen LogP contribution in [0.15, 0.2) is 47.4 Å². The fraction of sp³-hybridized carbons (Fsp3) is 0.300. The maximum Gasteiger partial charge on any atom is 0.258 e. The molecule has 1 N–H and O–H groups in total. The van der Waals surface area contributed by atoms with Gasteiger partial charge in [-0.2, -0.15) is 0 Å². The van der Waals surface area contributed by atoms with Crippen LogP contribution < -0.4 is 10.1 Å². The third-order valence-corrected chi connectivity index (χ3v) is 5.39. The minimum absolute atomic E-state index is 0.0651. The summed E-state index contributed by atoms with van der Waals surface area (Å²) < 4.78 is 19.4. The zero-order chi connectivity index (χ0) is 18.5. The van der Waals surface area contributed by atoms with Crippen molar-refractivity contribution in [1.82, 2.24) is 5.32 Å². The average molecular weight is 373 g/mol. The van der Waals surface area contributed by atoms with Crippen LogP contribution in [0.5, 0.6) is 5.75 Å². The first-order chi connectivity index (χ1) is 12.6. The molecule has 0 unspecified atom stereocenters. The number of carbonyl (C=O) groups excluding carboxylic acids is 2. The minimum atomic E-state index is -0.258. The van der Waals surface area contributed by atoms with Crippen LogP contribution in [0.4, 0.5) is 4.39 Å². The first-order valence-electron chi connectivity index (χ1n) is 8.55. The largest absolute Gasteiger partial charge is 0.484 e. The Labute approximate surface area is 156 Å². The second kappa shape index (κ2) is 8.36. The molecule has 0 aromatic heterocycles. The predicted molar refractivity (Wildman–Crippen MR) is 99.2 cm³/mol. The van der Waals surface area contributed by atoms with Crippen LogP contribution in [-0.2, 0) is 4.79 Å². The van der Waals surface area contributed by atoms with Crippen molar-refractivity contribution in [2.75, 3.05) is 12.4 Å². The number of carbonyl (C=O) groups is 2. The molecule has 1 amide bonds. The molecule has 0 fully saturated rings. The van der Waals surface area contributed by atoms with E-state index in [1.807, 2.05) is 13.0 Å². The van der Waals surface area contributed by atoms with E-state index in [4.69, 9.17) is 4.74 Å². The molecule has 0 saturated heterocycles. The normalized spacial score (nSPS) is 15.8. The van der Waals surface area contributed by atoms with Crippen molar-refractivity contribution in [1.29, 1.82) is 0 Å². The summed E-state index contributed by atoms with van der Waals surface area (Å²) in [7, 11) is 0. The Morgan fingerprint density at radius 3 is 2.73 bits per heavy atom. The first-order valence-corrected chi connectivity index (χ1v) is 9.53. The monoisotopic (exact) mass is 373 g/mol. The van der Waals surface area contributed by atoms with Crippen molar-refractivity contribution >= 4 is 23.5 Å². The van der Waals surface area contributed by atoms with Crippen molar-refractivity contribution in [2.24, 2.45) is 0 Å². The van der Waals surface area contributed by atoms with E-state index < -0.39 is 0 Å². The summed E-state index contributed by atoms with van der Waals surface area (Å²) in [6, 6.07) is 11.5. The molecule has 0 spiro atoms. The van der Waals surface area contributed by atoms with Gasteiger partial charge in [0.1, 0.15) is 11.6 Å². The van der Waals surface area contributed by atoms with Crippen LogP contribution in [0.3, 0.4) is 0 Å². The van der Waals surface area contributed by atoms with Crippen molar-refractivity contribution in [3.05, 3.63) is 59.4 Å². The van der Waals surface area contributed by atoms with E-state index in [0.717, 1.165) is 17.7 Å². The van der Waals surface area contributed by atoms with Crippen molar-refractivity contribution in [3.8, 4) is 5.75 Å². The number of amides is 1. The number of ether oxygens (including phenoxy) is 1. The van der Waals surface area contributed by atoms with E-state index in [-0.39, 0.29) is 30.2 Å². The van der Waals surface area contributed by atoms with Gasteiger partial charge in [0.25, 0.3) is 5.91 Å². The quantitative estimate of drug-likeness (QED) is 0.773. The Morgan fingerprint density at radius 1 is 1.23 bits per heavy atom. The molecule has 2 aromatic rings. The van der Waals surface area contributed by atoms with Gasteiger partial charge in [-0.25, -0.2) is 4.39 Å². The Morgan fingerprint density at radius 2 is 2.00 bits per heavy atom. The number of fused-ring (bicyclic) bond motifs is 1. The molecule has 26 heavy (non-hydrogen) atoms. The summed E-state index contributed by atoms with van der Waals surface area (Å²) in [6.07, 6.45) is 1.20. The molecule has 6 heteroatoms. The highest BCUT2D eigenvalue weighted by Crippen LogP contribution is 2.37. The van der Waals surface area contributed by atoms with E-state index in [2.05, 4.69) is 5.32 Å². The van der Waals surface area contributed by atoms with Crippen LogP contribution in [0.2, 0.25) is 0 Å². The van der Waals surface area contributed by atoms with Gasteiger partial charge in [0, 0.05) is 22.6 Å². The van der Waals surface area contributed by atoms with Crippen LogP contribution in [-0.4, -0.2) is 24.1 Å². The van der Waals surface area contributed by atoms with Gasteiger partial charge >= 0.3 is 0 Å². The minimum Gasteiger partial charge on any atom is -0.484 e. The van der Waals surface area contributed by atoms with Crippen LogP contribution in [0.25, 0.3) is 0 Å². The standard InChI is InChI=1S/C20H20FNO3S/c1-2-18(23)13-6-8-14(9-7-13)25-12-19(24)22-17-10-11-26-20-15(17)4-3-5-16(20)21/h3-9,17H,2,10-12H2,1H3,(H,22,24)/t17-/m0/s1. The van der Waals surface area contributed by atoms with Gasteiger partial charge in [-0.3, -0.25) is 9.59 Å². The van der Waals surface area contributed by atoms with Gasteiger partial charge in [0.2, 0.25) is 0 Å². The molecular weight excluding hydrogens is 353 g/mol. The van der Waals surface area contributed by atoms with E-state index in [9.17, 15) is 14.0 Å². The van der Waals surface area contributed by atoms with E-state index >= 15 is 0 Å². The highest BCUT2D eigenvalue weighted by Gasteiger charge is 2.24. The van der Waals surface area contributed by atoms with Gasteiger partial charge in [0.05, 0.1) is 6.04 Å². The molecule has 0 aliphatic carbocycles. The predicted octanol–water partition coefficient (Wildman–Crippen LogP) is 4.15. The molecule has 2 aromatic carbocycles. The smallest absolute Gasteiger partial charge is 0.258 e. The fourth-order valence-corrected chi connectivity index (χ4v) is 4.00. The number of hydrogen-bond acceptors (Lipinski definition) is 4. The molecule has 1 atom stereocenters. The maximum absolute atomic E-state index is 13.9. The lowest BCUT2D eigenvalue weighted by Crippen LogP contribution is -2.34. The summed E-state index contributed by atoms with van der Waals surface area (Å²) in [6.45, 7) is 1.68. The van der Waals surface area contributed by atoms with Gasteiger partial charge in [-0.1, -0.05) is 19.1 Å². The number of rotatable bonds is 6. The van der Waals surface area contributed by atoms with E-state index in [0.29, 0.717) is 22.6 Å². The lowest BCUT2D eigenvalue weighted by Gasteiger charge is -2.26. The molecule has 0 bridgehead atoms. The van der Waals surface area contributed by atoms with Crippen molar-refractivity contribution in [2.45, 2.75) is 30.7 Å². The number of ketones is 1. The number of Topliss-reactive ketones (excluding diaryl/α,β-unsaturated/α-hetero) is 1. The Bertz CT molecular complexity index is 807. The molecule has 1 aliphatic rings. The Kier molecular flexibility index (Phi) is 5.93. The molecule has 4 nitrogen and oxygen atoms in total. The molecule has 0 saturated carbocycles. The van der Waals surface area contributed by atoms with Gasteiger partial charge in [-0.05, 0) is 42.3 Å². The SMILES string of the molecule is CCC(=O)c1ccc(OCC(=O)N[C@H]2CCSc3c(F)cccc32)cc1. The molecule has 0 radical (unpaired) electrons. The zero-order valence-corrected chi connectivity index (χ0v) is 15.3. The fourth-order valence-electron chi connectivity index (χ4n) is 2.86. The lowest BCUT2D eigenvalue weighted by molar-refractivity contribution is -0.123. The van der Waals surface area contributed by atoms with Crippen molar-refractivity contribution in [3.63, 3.8) is 0 Å². The second-order valence-electron chi connectivity index (χ2n) is 6.01. The molecule has 1 heterocycles.